The Bertz CT molecular complexity index is 1420. The number of para-hydroxylation sites is 1. The standard InChI is InChI=1S/C24H30NO3SSi.3C4H9.Sn/c1-7-22-21(17-18-28-30(5,6)24(2,3)4)20-15-11-12-16-23(20)25(22)29(26,27)19-13-9-8-10-14-19;3*1-3-4-2;/h1,7-16H,17-18H2,2-6H3;3*1,3-4H2,2H3;. The molecule has 0 amide bonds. The molecule has 0 fully saturated rings. The molecule has 7 heteroatoms. The van der Waals surface area contributed by atoms with Crippen molar-refractivity contribution < 1.29 is 12.8 Å². The second-order valence-corrected chi connectivity index (χ2v) is 33.4. The summed E-state index contributed by atoms with van der Waals surface area (Å²) in [5, 5.41) is 1.13. The number of rotatable bonds is 17. The summed E-state index contributed by atoms with van der Waals surface area (Å²) in [6.45, 7) is 18.8. The van der Waals surface area contributed by atoms with Crippen molar-refractivity contribution in [2.75, 3.05) is 6.61 Å². The van der Waals surface area contributed by atoms with E-state index in [1.54, 1.807) is 16.1 Å². The molecule has 1 heterocycles. The molecule has 0 radical (unpaired) electrons. The van der Waals surface area contributed by atoms with Crippen molar-refractivity contribution in [2.45, 2.75) is 123 Å². The van der Waals surface area contributed by atoms with Crippen molar-refractivity contribution in [3.8, 4) is 0 Å². The zero-order chi connectivity index (χ0) is 31.7. The molecule has 0 unspecified atom stereocenters. The number of benzene rings is 2. The third-order valence-electron chi connectivity index (χ3n) is 9.56. The Morgan fingerprint density at radius 1 is 0.837 bits per heavy atom. The van der Waals surface area contributed by atoms with Gasteiger partial charge in [-0.2, -0.15) is 0 Å². The summed E-state index contributed by atoms with van der Waals surface area (Å²) in [5.41, 5.74) is 2.67. The summed E-state index contributed by atoms with van der Waals surface area (Å²) in [4.78, 5) is 0.326. The maximum atomic E-state index is 14.4. The molecule has 1 aromatic heterocycles. The van der Waals surface area contributed by atoms with E-state index in [1.165, 1.54) is 51.8 Å². The Hall–Kier alpha value is -1.35. The fraction of sp³-hybridized carbons (Fsp3) is 0.556. The van der Waals surface area contributed by atoms with Gasteiger partial charge >= 0.3 is 270 Å². The second-order valence-electron chi connectivity index (χ2n) is 13.8. The van der Waals surface area contributed by atoms with Crippen LogP contribution in [0.15, 0.2) is 63.6 Å². The van der Waals surface area contributed by atoms with Gasteiger partial charge in [-0.25, -0.2) is 0 Å². The molecule has 0 bridgehead atoms. The van der Waals surface area contributed by atoms with Crippen LogP contribution in [0, 0.1) is 0 Å². The SMILES string of the molecule is CCC[CH2][Sn](/[CH]=C/c1c(CCO[Si](C)(C)C(C)(C)C)c2ccccc2n1S(=O)(=O)c1ccccc1)([CH2]CCC)[CH2]CCC. The summed E-state index contributed by atoms with van der Waals surface area (Å²) in [7, 11) is -5.77. The van der Waals surface area contributed by atoms with E-state index in [2.05, 4.69) is 70.9 Å². The van der Waals surface area contributed by atoms with Crippen LogP contribution in [0.2, 0.25) is 31.4 Å². The van der Waals surface area contributed by atoms with Crippen LogP contribution in [-0.2, 0) is 20.9 Å². The van der Waals surface area contributed by atoms with E-state index < -0.39 is 36.7 Å². The normalized spacial score (nSPS) is 13.4. The third-order valence-corrected chi connectivity index (χ3v) is 29.9. The summed E-state index contributed by atoms with van der Waals surface area (Å²) >= 11 is -2.71. The maximum absolute atomic E-state index is 14.4. The predicted octanol–water partition coefficient (Wildman–Crippen LogP) is 10.8. The van der Waals surface area contributed by atoms with Crippen LogP contribution in [-0.4, -0.2) is 45.7 Å². The monoisotopic (exact) mass is 731 g/mol. The van der Waals surface area contributed by atoms with E-state index in [4.69, 9.17) is 4.43 Å². The molecule has 0 atom stereocenters. The predicted molar refractivity (Wildman–Crippen MR) is 192 cm³/mol. The first kappa shape index (κ1) is 36.1. The average molecular weight is 731 g/mol. The minimum absolute atomic E-state index is 0.117. The quantitative estimate of drug-likeness (QED) is 0.130. The van der Waals surface area contributed by atoms with Crippen LogP contribution in [0.25, 0.3) is 17.0 Å². The van der Waals surface area contributed by atoms with E-state index in [-0.39, 0.29) is 5.04 Å². The van der Waals surface area contributed by atoms with Gasteiger partial charge in [-0.1, -0.05) is 0 Å². The number of hydrogen-bond donors (Lipinski definition) is 0. The van der Waals surface area contributed by atoms with Gasteiger partial charge < -0.3 is 0 Å². The molecule has 3 aromatic rings. The average Bonchev–Trinajstić information content (AvgIpc) is 3.30. The molecule has 0 aliphatic rings. The molecule has 3 rings (SSSR count). The molecule has 0 aliphatic heterocycles. The first-order chi connectivity index (χ1) is 20.3. The van der Waals surface area contributed by atoms with Gasteiger partial charge in [0, 0.05) is 0 Å². The molecular weight excluding hydrogens is 673 g/mol. The molecule has 4 nitrogen and oxygen atoms in total. The molecular formula is C36H57NO3SSiSn. The van der Waals surface area contributed by atoms with Crippen LogP contribution >= 0.6 is 0 Å². The number of aromatic nitrogens is 1. The van der Waals surface area contributed by atoms with Crippen LogP contribution in [0.3, 0.4) is 0 Å². The van der Waals surface area contributed by atoms with Gasteiger partial charge in [-0.05, 0) is 0 Å². The first-order valence-electron chi connectivity index (χ1n) is 16.6. The fourth-order valence-corrected chi connectivity index (χ4v) is 22.5. The summed E-state index contributed by atoms with van der Waals surface area (Å²) < 4.78 is 43.8. The molecule has 0 aliphatic carbocycles. The van der Waals surface area contributed by atoms with E-state index in [0.717, 1.165) is 22.2 Å². The van der Waals surface area contributed by atoms with Gasteiger partial charge in [0.25, 0.3) is 0 Å². The number of fused-ring (bicyclic) bond motifs is 1. The van der Waals surface area contributed by atoms with E-state index in [1.807, 2.05) is 36.4 Å². The van der Waals surface area contributed by atoms with Crippen molar-refractivity contribution in [2.24, 2.45) is 0 Å². The summed E-state index contributed by atoms with van der Waals surface area (Å²) in [6, 6.07) is 17.0. The van der Waals surface area contributed by atoms with E-state index in [0.29, 0.717) is 17.9 Å². The van der Waals surface area contributed by atoms with Crippen molar-refractivity contribution >= 4 is 53.7 Å². The van der Waals surface area contributed by atoms with Crippen molar-refractivity contribution in [1.29, 1.82) is 0 Å². The Morgan fingerprint density at radius 3 is 1.91 bits per heavy atom. The van der Waals surface area contributed by atoms with Crippen LogP contribution in [0.4, 0.5) is 0 Å². The molecule has 43 heavy (non-hydrogen) atoms. The van der Waals surface area contributed by atoms with Crippen molar-refractivity contribution in [1.82, 2.24) is 3.97 Å². The third kappa shape index (κ3) is 8.89. The van der Waals surface area contributed by atoms with Gasteiger partial charge in [-0.15, -0.1) is 0 Å². The number of unbranched alkanes of at least 4 members (excludes halogenated alkanes) is 3. The molecule has 2 aromatic carbocycles. The van der Waals surface area contributed by atoms with Gasteiger partial charge in [0.2, 0.25) is 0 Å². The Kier molecular flexibility index (Phi) is 13.2. The van der Waals surface area contributed by atoms with E-state index in [9.17, 15) is 8.42 Å². The Labute approximate surface area is 268 Å². The zero-order valence-corrected chi connectivity index (χ0v) is 32.9. The summed E-state index contributed by atoms with van der Waals surface area (Å²) in [6.07, 6.45) is 10.4. The molecule has 0 saturated carbocycles. The number of hydrogen-bond acceptors (Lipinski definition) is 3. The zero-order valence-electron chi connectivity index (χ0n) is 28.2. The van der Waals surface area contributed by atoms with Crippen LogP contribution in [0.1, 0.15) is 91.3 Å². The van der Waals surface area contributed by atoms with Crippen molar-refractivity contribution in [3.05, 3.63) is 69.9 Å². The van der Waals surface area contributed by atoms with Crippen LogP contribution in [0.5, 0.6) is 0 Å². The molecule has 0 saturated heterocycles. The number of nitrogens with zero attached hydrogens (tertiary/aromatic N) is 1. The first-order valence-corrected chi connectivity index (χ1v) is 28.6. The van der Waals surface area contributed by atoms with Crippen LogP contribution < -0.4 is 0 Å². The van der Waals surface area contributed by atoms with Gasteiger partial charge in [0.1, 0.15) is 0 Å². The van der Waals surface area contributed by atoms with Crippen molar-refractivity contribution in [3.63, 3.8) is 0 Å². The van der Waals surface area contributed by atoms with Gasteiger partial charge in [0.05, 0.1) is 0 Å². The fourth-order valence-electron chi connectivity index (χ4n) is 5.78. The molecule has 0 spiro atoms. The molecule has 238 valence electrons. The Balaban J connectivity index is 2.25. The second kappa shape index (κ2) is 15.8. The topological polar surface area (TPSA) is 48.3 Å². The Morgan fingerprint density at radius 2 is 1.37 bits per heavy atom. The summed E-state index contributed by atoms with van der Waals surface area (Å²) in [5.74, 6) is 0. The van der Waals surface area contributed by atoms with Gasteiger partial charge in [-0.3, -0.25) is 0 Å². The minimum atomic E-state index is -3.81. The molecule has 0 N–H and O–H groups in total. The van der Waals surface area contributed by atoms with E-state index >= 15 is 0 Å². The van der Waals surface area contributed by atoms with Gasteiger partial charge in [0.15, 0.2) is 0 Å².